The Labute approximate surface area is 127 Å². The van der Waals surface area contributed by atoms with Crippen molar-refractivity contribution in [2.45, 2.75) is 39.2 Å². The van der Waals surface area contributed by atoms with E-state index in [0.717, 1.165) is 33.3 Å². The minimum absolute atomic E-state index is 0.0483. The molecule has 1 N–H and O–H groups in total. The summed E-state index contributed by atoms with van der Waals surface area (Å²) in [5.74, 6) is 0.794. The number of aromatic nitrogens is 1. The Hall–Kier alpha value is -2.46. The van der Waals surface area contributed by atoms with E-state index < -0.39 is 5.60 Å². The quantitative estimate of drug-likeness (QED) is 0.534. The van der Waals surface area contributed by atoms with Crippen LogP contribution in [0.1, 0.15) is 30.5 Å². The Kier molecular flexibility index (Phi) is 3.34. The predicted octanol–water partition coefficient (Wildman–Crippen LogP) is 3.40. The number of H-pyrrole nitrogens is 1. The minimum Gasteiger partial charge on any atom is -0.486 e. The second-order valence-corrected chi connectivity index (χ2v) is 6.07. The average molecular weight is 298 g/mol. The summed E-state index contributed by atoms with van der Waals surface area (Å²) in [7, 11) is 0. The summed E-state index contributed by atoms with van der Waals surface area (Å²) in [5.41, 5.74) is 11.6. The molecule has 0 bridgehead atoms. The van der Waals surface area contributed by atoms with Crippen molar-refractivity contribution in [2.75, 3.05) is 6.54 Å². The van der Waals surface area contributed by atoms with Gasteiger partial charge in [-0.1, -0.05) is 18.1 Å². The van der Waals surface area contributed by atoms with Crippen LogP contribution in [0, 0.1) is 6.92 Å². The molecular formula is C16H18N4O2. The first kappa shape index (κ1) is 14.5. The second kappa shape index (κ2) is 5.07. The third-order valence-corrected chi connectivity index (χ3v) is 4.20. The third-order valence-electron chi connectivity index (χ3n) is 4.20. The summed E-state index contributed by atoms with van der Waals surface area (Å²) in [6.07, 6.45) is 1.36. The van der Waals surface area contributed by atoms with E-state index in [2.05, 4.69) is 15.0 Å². The summed E-state index contributed by atoms with van der Waals surface area (Å²) >= 11 is 0. The number of nitrogens with one attached hydrogen (secondary N) is 1. The van der Waals surface area contributed by atoms with Crippen LogP contribution in [0.4, 0.5) is 0 Å². The normalized spacial score (nSPS) is 19.6. The van der Waals surface area contributed by atoms with Gasteiger partial charge in [0.15, 0.2) is 0 Å². The Morgan fingerprint density at radius 1 is 1.50 bits per heavy atom. The van der Waals surface area contributed by atoms with E-state index in [1.54, 1.807) is 0 Å². The zero-order chi connectivity index (χ0) is 15.9. The molecule has 0 amide bonds. The summed E-state index contributed by atoms with van der Waals surface area (Å²) in [4.78, 5) is 17.8. The van der Waals surface area contributed by atoms with Gasteiger partial charge in [-0.25, -0.2) is 0 Å². The number of aryl methyl sites for hydroxylation is 2. The number of rotatable bonds is 3. The van der Waals surface area contributed by atoms with Crippen LogP contribution < -0.4 is 10.3 Å². The molecular weight excluding hydrogens is 280 g/mol. The molecule has 1 aliphatic heterocycles. The number of pyridine rings is 1. The third kappa shape index (κ3) is 2.22. The minimum atomic E-state index is -0.530. The van der Waals surface area contributed by atoms with Crippen LogP contribution >= 0.6 is 0 Å². The standard InChI is InChI=1S/C16H18N4O2/c1-4-10-6-12-13(19-15(10)21)9(2)5-11-7-16(3,8-18-20-17)22-14(11)12/h5-6H,4,7-8H2,1-3H3,(H,19,21). The number of nitrogens with zero attached hydrogens (tertiary/aromatic N) is 3. The summed E-state index contributed by atoms with van der Waals surface area (Å²) in [5, 5.41) is 4.58. The first-order valence-electron chi connectivity index (χ1n) is 7.35. The van der Waals surface area contributed by atoms with Gasteiger partial charge in [0, 0.05) is 22.3 Å². The van der Waals surface area contributed by atoms with Gasteiger partial charge in [0.05, 0.1) is 12.1 Å². The van der Waals surface area contributed by atoms with Gasteiger partial charge in [0.1, 0.15) is 11.4 Å². The first-order valence-corrected chi connectivity index (χ1v) is 7.35. The van der Waals surface area contributed by atoms with Crippen LogP contribution in [0.2, 0.25) is 0 Å². The zero-order valence-corrected chi connectivity index (χ0v) is 12.9. The summed E-state index contributed by atoms with van der Waals surface area (Å²) in [6, 6.07) is 3.96. The Morgan fingerprint density at radius 2 is 2.27 bits per heavy atom. The highest BCUT2D eigenvalue weighted by atomic mass is 16.5. The van der Waals surface area contributed by atoms with Crippen LogP contribution in [-0.4, -0.2) is 17.1 Å². The Morgan fingerprint density at radius 3 is 2.95 bits per heavy atom. The first-order chi connectivity index (χ1) is 10.5. The van der Waals surface area contributed by atoms with E-state index in [0.29, 0.717) is 12.8 Å². The molecule has 0 fully saturated rings. The van der Waals surface area contributed by atoms with Crippen molar-refractivity contribution in [3.63, 3.8) is 0 Å². The Bertz CT molecular complexity index is 865. The van der Waals surface area contributed by atoms with Crippen molar-refractivity contribution in [3.8, 4) is 5.75 Å². The number of hydrogen-bond donors (Lipinski definition) is 1. The molecule has 114 valence electrons. The van der Waals surface area contributed by atoms with E-state index in [1.807, 2.05) is 32.9 Å². The number of ether oxygens (including phenoxy) is 1. The van der Waals surface area contributed by atoms with Crippen molar-refractivity contribution in [1.82, 2.24) is 4.98 Å². The van der Waals surface area contributed by atoms with E-state index in [9.17, 15) is 4.79 Å². The van der Waals surface area contributed by atoms with Crippen LogP contribution in [-0.2, 0) is 12.8 Å². The molecule has 0 saturated heterocycles. The van der Waals surface area contributed by atoms with Gasteiger partial charge in [-0.05, 0) is 43.0 Å². The van der Waals surface area contributed by atoms with Crippen molar-refractivity contribution in [2.24, 2.45) is 5.11 Å². The molecule has 2 heterocycles. The highest BCUT2D eigenvalue weighted by molar-refractivity contribution is 5.90. The molecule has 22 heavy (non-hydrogen) atoms. The molecule has 3 rings (SSSR count). The molecule has 6 nitrogen and oxygen atoms in total. The van der Waals surface area contributed by atoms with Crippen molar-refractivity contribution < 1.29 is 4.74 Å². The molecule has 0 radical (unpaired) electrons. The van der Waals surface area contributed by atoms with Gasteiger partial charge >= 0.3 is 0 Å². The lowest BCUT2D eigenvalue weighted by Gasteiger charge is -2.21. The maximum atomic E-state index is 12.0. The fraction of sp³-hybridized carbons (Fsp3) is 0.438. The van der Waals surface area contributed by atoms with Gasteiger partial charge < -0.3 is 9.72 Å². The molecule has 6 heteroatoms. The molecule has 1 atom stereocenters. The molecule has 0 spiro atoms. The lowest BCUT2D eigenvalue weighted by atomic mass is 9.96. The number of azide groups is 1. The van der Waals surface area contributed by atoms with Crippen molar-refractivity contribution in [3.05, 3.63) is 49.6 Å². The summed E-state index contributed by atoms with van der Waals surface area (Å²) < 4.78 is 6.12. The van der Waals surface area contributed by atoms with Crippen LogP contribution in [0.5, 0.6) is 5.75 Å². The molecule has 0 aliphatic carbocycles. The SMILES string of the molecule is CCc1cc2c3c(cc(C)c2[nH]c1=O)CC(C)(CN=[N+]=[N-])O3. The average Bonchev–Trinajstić information content (AvgIpc) is 2.82. The lowest BCUT2D eigenvalue weighted by molar-refractivity contribution is 0.127. The number of fused-ring (bicyclic) bond motifs is 3. The maximum Gasteiger partial charge on any atom is 0.251 e. The van der Waals surface area contributed by atoms with Gasteiger partial charge in [-0.15, -0.1) is 0 Å². The van der Waals surface area contributed by atoms with Gasteiger partial charge in [0.25, 0.3) is 5.56 Å². The molecule has 1 aromatic heterocycles. The van der Waals surface area contributed by atoms with Crippen molar-refractivity contribution >= 4 is 10.9 Å². The maximum absolute atomic E-state index is 12.0. The van der Waals surface area contributed by atoms with Gasteiger partial charge in [-0.3, -0.25) is 4.79 Å². The predicted molar refractivity (Wildman–Crippen MR) is 85.4 cm³/mol. The lowest BCUT2D eigenvalue weighted by Crippen LogP contribution is -2.33. The second-order valence-electron chi connectivity index (χ2n) is 6.07. The topological polar surface area (TPSA) is 90.9 Å². The highest BCUT2D eigenvalue weighted by Crippen LogP contribution is 2.41. The van der Waals surface area contributed by atoms with Crippen LogP contribution in [0.15, 0.2) is 22.0 Å². The van der Waals surface area contributed by atoms with Crippen LogP contribution in [0.3, 0.4) is 0 Å². The highest BCUT2D eigenvalue weighted by Gasteiger charge is 2.35. The molecule has 1 unspecified atom stereocenters. The molecule has 1 aliphatic rings. The Balaban J connectivity index is 2.20. The van der Waals surface area contributed by atoms with E-state index >= 15 is 0 Å². The molecule has 2 aromatic rings. The summed E-state index contributed by atoms with van der Waals surface area (Å²) in [6.45, 7) is 6.16. The molecule has 1 aromatic carbocycles. The zero-order valence-electron chi connectivity index (χ0n) is 12.9. The van der Waals surface area contributed by atoms with E-state index in [-0.39, 0.29) is 12.1 Å². The van der Waals surface area contributed by atoms with Gasteiger partial charge in [-0.2, -0.15) is 0 Å². The number of benzene rings is 1. The number of aromatic amines is 1. The largest absolute Gasteiger partial charge is 0.486 e. The number of hydrogen-bond acceptors (Lipinski definition) is 3. The molecule has 0 saturated carbocycles. The van der Waals surface area contributed by atoms with E-state index in [1.165, 1.54) is 0 Å². The fourth-order valence-corrected chi connectivity index (χ4v) is 3.10. The van der Waals surface area contributed by atoms with Crippen LogP contribution in [0.25, 0.3) is 21.3 Å². The van der Waals surface area contributed by atoms with E-state index in [4.69, 9.17) is 10.3 Å². The smallest absolute Gasteiger partial charge is 0.251 e. The fourth-order valence-electron chi connectivity index (χ4n) is 3.10. The van der Waals surface area contributed by atoms with Crippen molar-refractivity contribution in [1.29, 1.82) is 0 Å². The monoisotopic (exact) mass is 298 g/mol. The van der Waals surface area contributed by atoms with Gasteiger partial charge in [0.2, 0.25) is 0 Å².